The molecule has 0 aliphatic carbocycles. The normalized spacial score (nSPS) is 11.6. The van der Waals surface area contributed by atoms with Crippen LogP contribution in [0.5, 0.6) is 11.5 Å². The second-order valence-corrected chi connectivity index (χ2v) is 10.8. The van der Waals surface area contributed by atoms with E-state index in [1.807, 2.05) is 12.1 Å². The van der Waals surface area contributed by atoms with Crippen molar-refractivity contribution in [3.05, 3.63) is 72.1 Å². The Hall–Kier alpha value is -3.54. The Morgan fingerprint density at radius 1 is 0.971 bits per heavy atom. The third kappa shape index (κ3) is 4.83. The number of pyridine rings is 1. The Labute approximate surface area is 207 Å². The Bertz CT molecular complexity index is 1410. The van der Waals surface area contributed by atoms with Crippen molar-refractivity contribution in [2.75, 3.05) is 33.2 Å². The Morgan fingerprint density at radius 3 is 2.26 bits per heavy atom. The highest BCUT2D eigenvalue weighted by atomic mass is 32.2. The molecule has 0 bridgehead atoms. The van der Waals surface area contributed by atoms with Crippen LogP contribution in [-0.4, -0.2) is 56.9 Å². The van der Waals surface area contributed by atoms with Crippen LogP contribution in [0.4, 0.5) is 5.13 Å². The second-order valence-electron chi connectivity index (χ2n) is 7.67. The van der Waals surface area contributed by atoms with E-state index in [0.717, 1.165) is 9.01 Å². The second kappa shape index (κ2) is 9.98. The van der Waals surface area contributed by atoms with Gasteiger partial charge in [0.05, 0.1) is 31.4 Å². The molecule has 0 aliphatic heterocycles. The van der Waals surface area contributed by atoms with E-state index in [9.17, 15) is 13.2 Å². The number of rotatable bonds is 8. The van der Waals surface area contributed by atoms with E-state index in [4.69, 9.17) is 14.5 Å². The van der Waals surface area contributed by atoms with Crippen molar-refractivity contribution in [2.45, 2.75) is 11.4 Å². The molecule has 0 fully saturated rings. The molecule has 1 amide bonds. The zero-order valence-corrected chi connectivity index (χ0v) is 21.3. The number of methoxy groups -OCH3 is 2. The summed E-state index contributed by atoms with van der Waals surface area (Å²) in [6.07, 6.45) is 1.66. The van der Waals surface area contributed by atoms with Gasteiger partial charge in [-0.05, 0) is 48.5 Å². The molecule has 0 radical (unpaired) electrons. The fourth-order valence-electron chi connectivity index (χ4n) is 3.41. The Kier molecular flexibility index (Phi) is 7.01. The van der Waals surface area contributed by atoms with Gasteiger partial charge in [-0.25, -0.2) is 17.7 Å². The molecule has 0 unspecified atom stereocenters. The Balaban J connectivity index is 1.79. The lowest BCUT2D eigenvalue weighted by Gasteiger charge is -2.20. The zero-order chi connectivity index (χ0) is 25.2. The first kappa shape index (κ1) is 24.6. The predicted octanol–water partition coefficient (Wildman–Crippen LogP) is 3.81. The molecule has 0 saturated carbocycles. The number of ether oxygens (including phenoxy) is 2. The molecule has 2 heterocycles. The number of hydrogen-bond acceptors (Lipinski definition) is 8. The first-order chi connectivity index (χ1) is 16.8. The molecule has 0 aliphatic rings. The molecular weight excluding hydrogens is 488 g/mol. The summed E-state index contributed by atoms with van der Waals surface area (Å²) in [6.45, 7) is 0.169. The number of nitrogens with zero attached hydrogens (tertiary/aromatic N) is 4. The molecule has 35 heavy (non-hydrogen) atoms. The summed E-state index contributed by atoms with van der Waals surface area (Å²) in [7, 11) is 2.43. The van der Waals surface area contributed by atoms with E-state index in [1.54, 1.807) is 38.6 Å². The molecule has 182 valence electrons. The number of carbonyl (C=O) groups is 1. The molecule has 0 saturated heterocycles. The molecule has 4 aromatic rings. The van der Waals surface area contributed by atoms with Crippen LogP contribution in [0.2, 0.25) is 0 Å². The van der Waals surface area contributed by atoms with Crippen LogP contribution in [-0.2, 0) is 16.6 Å². The number of carbonyl (C=O) groups excluding carboxylic acids is 1. The zero-order valence-electron chi connectivity index (χ0n) is 19.6. The van der Waals surface area contributed by atoms with Gasteiger partial charge in [-0.15, -0.1) is 0 Å². The van der Waals surface area contributed by atoms with Gasteiger partial charge >= 0.3 is 0 Å². The number of aromatic nitrogens is 2. The minimum absolute atomic E-state index is 0.102. The minimum atomic E-state index is -3.61. The van der Waals surface area contributed by atoms with E-state index in [-0.39, 0.29) is 17.3 Å². The van der Waals surface area contributed by atoms with Gasteiger partial charge < -0.3 is 9.47 Å². The molecule has 4 rings (SSSR count). The average Bonchev–Trinajstić information content (AvgIpc) is 3.32. The van der Waals surface area contributed by atoms with E-state index >= 15 is 0 Å². The van der Waals surface area contributed by atoms with Gasteiger partial charge in [0.15, 0.2) is 5.13 Å². The highest BCUT2D eigenvalue weighted by Gasteiger charge is 2.25. The lowest BCUT2D eigenvalue weighted by molar-refractivity contribution is 0.0984. The summed E-state index contributed by atoms with van der Waals surface area (Å²) in [4.78, 5) is 24.3. The van der Waals surface area contributed by atoms with Crippen LogP contribution < -0.4 is 14.4 Å². The smallest absolute Gasteiger partial charge is 0.260 e. The topological polar surface area (TPSA) is 102 Å². The molecule has 9 nitrogen and oxygen atoms in total. The largest absolute Gasteiger partial charge is 0.495 e. The lowest BCUT2D eigenvalue weighted by atomic mass is 10.2. The Morgan fingerprint density at radius 2 is 1.66 bits per heavy atom. The standard InChI is InChI=1S/C24H24N4O5S2/c1-27(2)35(30,31)18-10-8-16(9-11-18)23(29)28(15-17-7-5-6-14-25-17)24-26-21-19(32-3)12-13-20(33-4)22(21)34-24/h5-14H,15H2,1-4H3. The first-order valence-corrected chi connectivity index (χ1v) is 12.8. The first-order valence-electron chi connectivity index (χ1n) is 10.5. The van der Waals surface area contributed by atoms with Crippen LogP contribution in [0.3, 0.4) is 0 Å². The fraction of sp³-hybridized carbons (Fsp3) is 0.208. The van der Waals surface area contributed by atoms with E-state index < -0.39 is 10.0 Å². The number of benzene rings is 2. The molecule has 0 N–H and O–H groups in total. The summed E-state index contributed by atoms with van der Waals surface area (Å²) in [6, 6.07) is 14.9. The van der Waals surface area contributed by atoms with Gasteiger partial charge in [-0.3, -0.25) is 14.7 Å². The monoisotopic (exact) mass is 512 g/mol. The predicted molar refractivity (Wildman–Crippen MR) is 135 cm³/mol. The van der Waals surface area contributed by atoms with E-state index in [2.05, 4.69) is 4.98 Å². The van der Waals surface area contributed by atoms with Crippen molar-refractivity contribution in [2.24, 2.45) is 0 Å². The third-order valence-electron chi connectivity index (χ3n) is 5.30. The third-order valence-corrected chi connectivity index (χ3v) is 8.22. The summed E-state index contributed by atoms with van der Waals surface area (Å²) in [5.41, 5.74) is 1.57. The number of thiazole rings is 1. The lowest BCUT2D eigenvalue weighted by Crippen LogP contribution is -2.30. The van der Waals surface area contributed by atoms with Crippen LogP contribution in [0.1, 0.15) is 16.1 Å². The minimum Gasteiger partial charge on any atom is -0.495 e. The highest BCUT2D eigenvalue weighted by molar-refractivity contribution is 7.89. The van der Waals surface area contributed by atoms with Crippen LogP contribution in [0.15, 0.2) is 65.7 Å². The van der Waals surface area contributed by atoms with Crippen molar-refractivity contribution in [1.82, 2.24) is 14.3 Å². The maximum atomic E-state index is 13.7. The van der Waals surface area contributed by atoms with Crippen molar-refractivity contribution >= 4 is 42.6 Å². The van der Waals surface area contributed by atoms with E-state index in [1.165, 1.54) is 54.6 Å². The molecule has 2 aromatic heterocycles. The highest BCUT2D eigenvalue weighted by Crippen LogP contribution is 2.40. The molecule has 2 aromatic carbocycles. The van der Waals surface area contributed by atoms with Crippen LogP contribution in [0, 0.1) is 0 Å². The fourth-order valence-corrected chi connectivity index (χ4v) is 5.38. The maximum Gasteiger partial charge on any atom is 0.260 e. The van der Waals surface area contributed by atoms with Crippen molar-refractivity contribution < 1.29 is 22.7 Å². The number of fused-ring (bicyclic) bond motifs is 1. The summed E-state index contributed by atoms with van der Waals surface area (Å²) in [5, 5.41) is 0.434. The summed E-state index contributed by atoms with van der Waals surface area (Å²) in [5.74, 6) is 0.834. The van der Waals surface area contributed by atoms with Crippen molar-refractivity contribution in [3.63, 3.8) is 0 Å². The summed E-state index contributed by atoms with van der Waals surface area (Å²) >= 11 is 1.30. The van der Waals surface area contributed by atoms with Crippen molar-refractivity contribution in [1.29, 1.82) is 0 Å². The van der Waals surface area contributed by atoms with Gasteiger partial charge in [-0.2, -0.15) is 0 Å². The van der Waals surface area contributed by atoms with Gasteiger partial charge in [0, 0.05) is 25.9 Å². The van der Waals surface area contributed by atoms with Crippen LogP contribution in [0.25, 0.3) is 10.2 Å². The molecular formula is C24H24N4O5S2. The van der Waals surface area contributed by atoms with Gasteiger partial charge in [-0.1, -0.05) is 17.4 Å². The van der Waals surface area contributed by atoms with Gasteiger partial charge in [0.25, 0.3) is 5.91 Å². The number of amides is 1. The maximum absolute atomic E-state index is 13.7. The van der Waals surface area contributed by atoms with Crippen LogP contribution >= 0.6 is 11.3 Å². The number of sulfonamides is 1. The molecule has 11 heteroatoms. The summed E-state index contributed by atoms with van der Waals surface area (Å²) < 4.78 is 37.7. The number of hydrogen-bond donors (Lipinski definition) is 0. The molecule has 0 spiro atoms. The van der Waals surface area contributed by atoms with Crippen molar-refractivity contribution in [3.8, 4) is 11.5 Å². The average molecular weight is 513 g/mol. The number of anilines is 1. The van der Waals surface area contributed by atoms with E-state index in [0.29, 0.717) is 33.4 Å². The van der Waals surface area contributed by atoms with Gasteiger partial charge in [0.1, 0.15) is 21.7 Å². The molecule has 0 atom stereocenters. The quantitative estimate of drug-likeness (QED) is 0.354. The SMILES string of the molecule is COc1ccc(OC)c2sc(N(Cc3ccccn3)C(=O)c3ccc(S(=O)(=O)N(C)C)cc3)nc12. The van der Waals surface area contributed by atoms with Gasteiger partial charge in [0.2, 0.25) is 10.0 Å².